The van der Waals surface area contributed by atoms with E-state index in [9.17, 15) is 0 Å². The van der Waals surface area contributed by atoms with Crippen molar-refractivity contribution in [1.29, 1.82) is 0 Å². The van der Waals surface area contributed by atoms with Crippen molar-refractivity contribution in [3.8, 4) is 11.5 Å². The average molecular weight is 311 g/mol. The normalized spacial score (nSPS) is 12.5. The van der Waals surface area contributed by atoms with Crippen LogP contribution in [0.5, 0.6) is 11.5 Å². The molecular formula is C17H29NO2S. The minimum atomic E-state index is 0.355. The second kappa shape index (κ2) is 9.96. The van der Waals surface area contributed by atoms with Gasteiger partial charge in [0.1, 0.15) is 0 Å². The molecule has 0 saturated heterocycles. The minimum absolute atomic E-state index is 0.355. The van der Waals surface area contributed by atoms with Gasteiger partial charge in [-0.25, -0.2) is 0 Å². The van der Waals surface area contributed by atoms with Gasteiger partial charge in [0.15, 0.2) is 11.5 Å². The first kappa shape index (κ1) is 18.2. The van der Waals surface area contributed by atoms with E-state index in [0.717, 1.165) is 36.1 Å². The summed E-state index contributed by atoms with van der Waals surface area (Å²) in [6.07, 6.45) is 1.14. The first-order valence-corrected chi connectivity index (χ1v) is 8.80. The van der Waals surface area contributed by atoms with Crippen LogP contribution in [0.4, 0.5) is 0 Å². The van der Waals surface area contributed by atoms with Gasteiger partial charge < -0.3 is 14.8 Å². The third-order valence-electron chi connectivity index (χ3n) is 3.19. The molecular weight excluding hydrogens is 282 g/mol. The number of nitrogens with one attached hydrogen (secondary N) is 1. The third kappa shape index (κ3) is 6.18. The van der Waals surface area contributed by atoms with Crippen LogP contribution in [0.2, 0.25) is 0 Å². The van der Waals surface area contributed by atoms with Crippen LogP contribution in [-0.2, 0) is 0 Å². The van der Waals surface area contributed by atoms with Gasteiger partial charge in [0.05, 0.1) is 14.2 Å². The summed E-state index contributed by atoms with van der Waals surface area (Å²) >= 11 is 2.00. The summed E-state index contributed by atoms with van der Waals surface area (Å²) in [6, 6.07) is 6.56. The summed E-state index contributed by atoms with van der Waals surface area (Å²) in [6.45, 7) is 7.75. The molecule has 1 aromatic rings. The van der Waals surface area contributed by atoms with E-state index in [-0.39, 0.29) is 0 Å². The molecule has 0 spiro atoms. The molecule has 0 radical (unpaired) electrons. The van der Waals surface area contributed by atoms with Crippen LogP contribution in [0, 0.1) is 5.92 Å². The fourth-order valence-corrected chi connectivity index (χ4v) is 3.24. The molecule has 0 aromatic heterocycles. The standard InChI is InChI=1S/C17H29NO2S/c1-6-9-18-15(12-21-11-13(2)3)14-7-8-16(19-4)17(10-14)20-5/h7-8,10,13,15,18H,6,9,11-12H2,1-5H3. The third-order valence-corrected chi connectivity index (χ3v) is 4.66. The molecule has 1 N–H and O–H groups in total. The molecule has 0 aliphatic carbocycles. The maximum Gasteiger partial charge on any atom is 0.161 e. The Kier molecular flexibility index (Phi) is 8.62. The molecule has 0 bridgehead atoms. The first-order valence-electron chi connectivity index (χ1n) is 7.65. The number of hydrogen-bond acceptors (Lipinski definition) is 4. The molecule has 0 aliphatic rings. The maximum absolute atomic E-state index is 5.41. The van der Waals surface area contributed by atoms with Gasteiger partial charge in [-0.2, -0.15) is 11.8 Å². The van der Waals surface area contributed by atoms with Crippen LogP contribution in [0.25, 0.3) is 0 Å². The van der Waals surface area contributed by atoms with Gasteiger partial charge in [-0.3, -0.25) is 0 Å². The lowest BCUT2D eigenvalue weighted by Gasteiger charge is -2.20. The van der Waals surface area contributed by atoms with Gasteiger partial charge in [0.25, 0.3) is 0 Å². The number of rotatable bonds is 10. The van der Waals surface area contributed by atoms with E-state index in [1.165, 1.54) is 11.3 Å². The summed E-state index contributed by atoms with van der Waals surface area (Å²) in [5.41, 5.74) is 1.26. The van der Waals surface area contributed by atoms with Crippen molar-refractivity contribution in [2.75, 3.05) is 32.3 Å². The van der Waals surface area contributed by atoms with Crippen LogP contribution in [0.1, 0.15) is 38.8 Å². The van der Waals surface area contributed by atoms with Gasteiger partial charge in [-0.15, -0.1) is 0 Å². The summed E-state index contributed by atoms with van der Waals surface area (Å²) in [5, 5.41) is 3.63. The van der Waals surface area contributed by atoms with Crippen molar-refractivity contribution >= 4 is 11.8 Å². The number of thioether (sulfide) groups is 1. The smallest absolute Gasteiger partial charge is 0.161 e. The molecule has 0 heterocycles. The first-order chi connectivity index (χ1) is 10.1. The number of benzene rings is 1. The number of methoxy groups -OCH3 is 2. The Balaban J connectivity index is 2.80. The number of hydrogen-bond donors (Lipinski definition) is 1. The van der Waals surface area contributed by atoms with Crippen molar-refractivity contribution in [3.63, 3.8) is 0 Å². The van der Waals surface area contributed by atoms with Gasteiger partial charge in [-0.05, 0) is 42.3 Å². The Labute approximate surface area is 133 Å². The van der Waals surface area contributed by atoms with E-state index in [1.54, 1.807) is 14.2 Å². The fraction of sp³-hybridized carbons (Fsp3) is 0.647. The Morgan fingerprint density at radius 2 is 1.81 bits per heavy atom. The van der Waals surface area contributed by atoms with Crippen LogP contribution >= 0.6 is 11.8 Å². The van der Waals surface area contributed by atoms with Crippen molar-refractivity contribution in [2.45, 2.75) is 33.2 Å². The van der Waals surface area contributed by atoms with Gasteiger partial charge in [0, 0.05) is 11.8 Å². The molecule has 0 amide bonds. The molecule has 1 atom stereocenters. The molecule has 1 unspecified atom stereocenters. The summed E-state index contributed by atoms with van der Waals surface area (Å²) in [5.74, 6) is 4.58. The quantitative estimate of drug-likeness (QED) is 0.703. The zero-order chi connectivity index (χ0) is 15.7. The van der Waals surface area contributed by atoms with Gasteiger partial charge >= 0.3 is 0 Å². The van der Waals surface area contributed by atoms with Crippen LogP contribution in [0.3, 0.4) is 0 Å². The monoisotopic (exact) mass is 311 g/mol. The van der Waals surface area contributed by atoms with E-state index >= 15 is 0 Å². The van der Waals surface area contributed by atoms with E-state index in [2.05, 4.69) is 38.2 Å². The van der Waals surface area contributed by atoms with Crippen LogP contribution in [0.15, 0.2) is 18.2 Å². The Bertz CT molecular complexity index is 410. The molecule has 0 saturated carbocycles. The Morgan fingerprint density at radius 1 is 1.10 bits per heavy atom. The Hall–Kier alpha value is -0.870. The molecule has 4 heteroatoms. The molecule has 1 rings (SSSR count). The highest BCUT2D eigenvalue weighted by atomic mass is 32.2. The predicted molar refractivity (Wildman–Crippen MR) is 92.7 cm³/mol. The lowest BCUT2D eigenvalue weighted by atomic mass is 10.1. The molecule has 1 aromatic carbocycles. The van der Waals surface area contributed by atoms with Crippen molar-refractivity contribution < 1.29 is 9.47 Å². The summed E-state index contributed by atoms with van der Waals surface area (Å²) in [7, 11) is 3.35. The van der Waals surface area contributed by atoms with Gasteiger partial charge in [-0.1, -0.05) is 26.8 Å². The zero-order valence-corrected chi connectivity index (χ0v) is 14.8. The maximum atomic E-state index is 5.41. The summed E-state index contributed by atoms with van der Waals surface area (Å²) in [4.78, 5) is 0. The van der Waals surface area contributed by atoms with Crippen molar-refractivity contribution in [1.82, 2.24) is 5.32 Å². The van der Waals surface area contributed by atoms with E-state index < -0.39 is 0 Å². The number of ether oxygens (including phenoxy) is 2. The molecule has 3 nitrogen and oxygen atoms in total. The van der Waals surface area contributed by atoms with E-state index in [0.29, 0.717) is 6.04 Å². The van der Waals surface area contributed by atoms with Crippen molar-refractivity contribution in [2.24, 2.45) is 5.92 Å². The van der Waals surface area contributed by atoms with Gasteiger partial charge in [0.2, 0.25) is 0 Å². The second-order valence-electron chi connectivity index (χ2n) is 5.55. The highest BCUT2D eigenvalue weighted by Crippen LogP contribution is 2.31. The lowest BCUT2D eigenvalue weighted by Crippen LogP contribution is -2.24. The molecule has 0 fully saturated rings. The van der Waals surface area contributed by atoms with E-state index in [1.807, 2.05) is 17.8 Å². The second-order valence-corrected chi connectivity index (χ2v) is 6.63. The minimum Gasteiger partial charge on any atom is -0.493 e. The zero-order valence-electron chi connectivity index (χ0n) is 13.9. The topological polar surface area (TPSA) is 30.5 Å². The average Bonchev–Trinajstić information content (AvgIpc) is 2.49. The SMILES string of the molecule is CCCNC(CSCC(C)C)c1ccc(OC)c(OC)c1. The highest BCUT2D eigenvalue weighted by molar-refractivity contribution is 7.99. The largest absolute Gasteiger partial charge is 0.493 e. The molecule has 120 valence electrons. The highest BCUT2D eigenvalue weighted by Gasteiger charge is 2.14. The Morgan fingerprint density at radius 3 is 2.38 bits per heavy atom. The van der Waals surface area contributed by atoms with Crippen LogP contribution in [-0.4, -0.2) is 32.3 Å². The molecule has 0 aliphatic heterocycles. The predicted octanol–water partition coefficient (Wildman–Crippen LogP) is 4.13. The van der Waals surface area contributed by atoms with E-state index in [4.69, 9.17) is 9.47 Å². The fourth-order valence-electron chi connectivity index (χ4n) is 2.08. The lowest BCUT2D eigenvalue weighted by molar-refractivity contribution is 0.354. The van der Waals surface area contributed by atoms with Crippen LogP contribution < -0.4 is 14.8 Å². The summed E-state index contributed by atoms with van der Waals surface area (Å²) < 4.78 is 10.7. The molecule has 21 heavy (non-hydrogen) atoms. The van der Waals surface area contributed by atoms with Crippen molar-refractivity contribution in [3.05, 3.63) is 23.8 Å².